The molecule has 2 amide bonds. The highest BCUT2D eigenvalue weighted by molar-refractivity contribution is 5.90. The molecule has 0 bridgehead atoms. The van der Waals surface area contributed by atoms with Crippen LogP contribution in [0, 0.1) is 29.0 Å². The van der Waals surface area contributed by atoms with Crippen LogP contribution in [0.25, 0.3) is 0 Å². The predicted molar refractivity (Wildman–Crippen MR) is 100 cm³/mol. The van der Waals surface area contributed by atoms with E-state index >= 15 is 0 Å². The maximum atomic E-state index is 14.8. The highest BCUT2D eigenvalue weighted by atomic mass is 19.1. The minimum absolute atomic E-state index is 0.197. The van der Waals surface area contributed by atoms with E-state index in [1.165, 1.54) is 17.9 Å². The summed E-state index contributed by atoms with van der Waals surface area (Å²) >= 11 is 0. The van der Waals surface area contributed by atoms with Crippen LogP contribution in [0.2, 0.25) is 0 Å². The Morgan fingerprint density at radius 1 is 1.39 bits per heavy atom. The number of amides is 2. The van der Waals surface area contributed by atoms with Gasteiger partial charge in [0.15, 0.2) is 0 Å². The molecule has 1 N–H and O–H groups in total. The first-order valence-corrected chi connectivity index (χ1v) is 9.32. The summed E-state index contributed by atoms with van der Waals surface area (Å²) in [7, 11) is 0. The second-order valence-electron chi connectivity index (χ2n) is 7.53. The third-order valence-corrected chi connectivity index (χ3v) is 5.57. The van der Waals surface area contributed by atoms with Crippen LogP contribution >= 0.6 is 0 Å². The molecule has 0 spiro atoms. The lowest BCUT2D eigenvalue weighted by molar-refractivity contribution is -0.119. The molecule has 2 aliphatic heterocycles. The van der Waals surface area contributed by atoms with E-state index in [1.807, 2.05) is 11.0 Å². The molecule has 2 fully saturated rings. The first-order valence-electron chi connectivity index (χ1n) is 9.32. The van der Waals surface area contributed by atoms with Crippen molar-refractivity contribution in [2.24, 2.45) is 11.8 Å². The topological polar surface area (TPSA) is 85.7 Å². The van der Waals surface area contributed by atoms with E-state index in [2.05, 4.69) is 11.4 Å². The van der Waals surface area contributed by atoms with E-state index in [1.54, 1.807) is 12.1 Å². The number of anilines is 2. The zero-order valence-corrected chi connectivity index (χ0v) is 15.5. The number of allylic oxidation sites excluding steroid dienone is 1. The van der Waals surface area contributed by atoms with E-state index in [9.17, 15) is 14.0 Å². The Morgan fingerprint density at radius 3 is 2.89 bits per heavy atom. The summed E-state index contributed by atoms with van der Waals surface area (Å²) in [5, 5.41) is 11.6. The first kappa shape index (κ1) is 18.3. The fraction of sp³-hybridized carbons (Fsp3) is 0.450. The number of nitriles is 1. The van der Waals surface area contributed by atoms with Crippen molar-refractivity contribution in [3.05, 3.63) is 35.7 Å². The van der Waals surface area contributed by atoms with Crippen LogP contribution in [-0.4, -0.2) is 44.3 Å². The zero-order valence-electron chi connectivity index (χ0n) is 15.5. The van der Waals surface area contributed by atoms with Gasteiger partial charge in [-0.25, -0.2) is 9.18 Å². The molecule has 8 heteroatoms. The molecular weight excluding hydrogens is 363 g/mol. The largest absolute Gasteiger partial charge is 0.442 e. The number of ether oxygens (including phenoxy) is 1. The van der Waals surface area contributed by atoms with Crippen molar-refractivity contribution in [3.8, 4) is 6.07 Å². The fourth-order valence-corrected chi connectivity index (χ4v) is 4.21. The van der Waals surface area contributed by atoms with Gasteiger partial charge < -0.3 is 15.0 Å². The molecule has 146 valence electrons. The van der Waals surface area contributed by atoms with Gasteiger partial charge in [-0.3, -0.25) is 9.69 Å². The van der Waals surface area contributed by atoms with Gasteiger partial charge in [0.2, 0.25) is 5.91 Å². The lowest BCUT2D eigenvalue weighted by atomic mass is 10.00. The smallest absolute Gasteiger partial charge is 0.414 e. The Labute approximate surface area is 162 Å². The number of hydrogen-bond donors (Lipinski definition) is 1. The number of benzene rings is 1. The van der Waals surface area contributed by atoms with Gasteiger partial charge in [0.1, 0.15) is 11.9 Å². The Hall–Kier alpha value is -3.08. The number of hydrogen-bond acceptors (Lipinski definition) is 5. The van der Waals surface area contributed by atoms with E-state index in [0.717, 1.165) is 12.0 Å². The molecule has 0 aromatic heterocycles. The van der Waals surface area contributed by atoms with Crippen LogP contribution in [0.1, 0.15) is 13.3 Å². The van der Waals surface area contributed by atoms with Crippen LogP contribution < -0.4 is 15.1 Å². The Kier molecular flexibility index (Phi) is 4.67. The van der Waals surface area contributed by atoms with Crippen molar-refractivity contribution in [2.45, 2.75) is 19.4 Å². The van der Waals surface area contributed by atoms with Crippen LogP contribution in [0.15, 0.2) is 29.8 Å². The quantitative estimate of drug-likeness (QED) is 0.860. The van der Waals surface area contributed by atoms with Gasteiger partial charge in [0, 0.05) is 31.5 Å². The highest BCUT2D eigenvalue weighted by Crippen LogP contribution is 2.39. The van der Waals surface area contributed by atoms with Crippen LogP contribution in [-0.2, 0) is 9.53 Å². The summed E-state index contributed by atoms with van der Waals surface area (Å²) in [4.78, 5) is 26.5. The molecule has 4 rings (SSSR count). The molecule has 0 radical (unpaired) electrons. The second-order valence-corrected chi connectivity index (χ2v) is 7.53. The minimum Gasteiger partial charge on any atom is -0.442 e. The van der Waals surface area contributed by atoms with E-state index in [-0.39, 0.29) is 30.7 Å². The zero-order chi connectivity index (χ0) is 19.8. The van der Waals surface area contributed by atoms with E-state index in [0.29, 0.717) is 30.4 Å². The van der Waals surface area contributed by atoms with E-state index < -0.39 is 12.2 Å². The molecular formula is C20H21FN4O3. The van der Waals surface area contributed by atoms with Crippen LogP contribution in [0.5, 0.6) is 0 Å². The maximum Gasteiger partial charge on any atom is 0.414 e. The molecule has 28 heavy (non-hydrogen) atoms. The third-order valence-electron chi connectivity index (χ3n) is 5.57. The Morgan fingerprint density at radius 2 is 2.21 bits per heavy atom. The number of rotatable bonds is 4. The first-order chi connectivity index (χ1) is 13.4. The predicted octanol–water partition coefficient (Wildman–Crippen LogP) is 2.19. The van der Waals surface area contributed by atoms with Gasteiger partial charge >= 0.3 is 6.09 Å². The third kappa shape index (κ3) is 3.40. The normalized spacial score (nSPS) is 26.0. The van der Waals surface area contributed by atoms with E-state index in [4.69, 9.17) is 10.00 Å². The fourth-order valence-electron chi connectivity index (χ4n) is 4.21. The average Bonchev–Trinajstić information content (AvgIpc) is 3.32. The summed E-state index contributed by atoms with van der Waals surface area (Å²) in [5.41, 5.74) is 1.77. The Bertz CT molecular complexity index is 894. The number of carbonyl (C=O) groups is 2. The number of halogens is 1. The Balaban J connectivity index is 1.44. The summed E-state index contributed by atoms with van der Waals surface area (Å²) in [6.07, 6.45) is 1.75. The standard InChI is InChI=1S/C20H21FN4O3/c1-12(26)23-8-17-11-25(20(27)28-17)16-2-3-19(18(21)6-16)24-9-14-4-13(7-22)5-15(14)10-24/h2-4,6,14-15,17H,5,8-11H2,1H3,(H,23,26)/t14?,15?,17-/m0/s1. The molecule has 0 saturated carbocycles. The second kappa shape index (κ2) is 7.15. The number of carbonyl (C=O) groups excluding carboxylic acids is 2. The summed E-state index contributed by atoms with van der Waals surface area (Å²) in [6.45, 7) is 3.29. The monoisotopic (exact) mass is 384 g/mol. The van der Waals surface area contributed by atoms with Crippen LogP contribution in [0.3, 0.4) is 0 Å². The minimum atomic E-state index is -0.549. The van der Waals surface area contributed by atoms with Gasteiger partial charge in [-0.05, 0) is 30.5 Å². The van der Waals surface area contributed by atoms with Crippen molar-refractivity contribution >= 4 is 23.4 Å². The number of cyclic esters (lactones) is 1. The maximum absolute atomic E-state index is 14.8. The molecule has 2 saturated heterocycles. The number of fused-ring (bicyclic) bond motifs is 1. The summed E-state index contributed by atoms with van der Waals surface area (Å²) < 4.78 is 20.0. The molecule has 1 aromatic carbocycles. The lowest BCUT2D eigenvalue weighted by Crippen LogP contribution is -2.33. The molecule has 2 unspecified atom stereocenters. The SMILES string of the molecule is CC(=O)NC[C@H]1CN(c2ccc(N3CC4C=C(C#N)CC4C3)c(F)c2)C(=O)O1. The van der Waals surface area contributed by atoms with Gasteiger partial charge in [-0.2, -0.15) is 5.26 Å². The summed E-state index contributed by atoms with van der Waals surface area (Å²) in [6, 6.07) is 6.97. The number of nitrogens with one attached hydrogen (secondary N) is 1. The van der Waals surface area contributed by atoms with Gasteiger partial charge in [-0.1, -0.05) is 6.08 Å². The molecule has 2 heterocycles. The molecule has 1 aromatic rings. The van der Waals surface area contributed by atoms with Crippen LogP contribution in [0.4, 0.5) is 20.6 Å². The van der Waals surface area contributed by atoms with Crippen molar-refractivity contribution in [1.82, 2.24) is 5.32 Å². The van der Waals surface area contributed by atoms with Crippen molar-refractivity contribution in [3.63, 3.8) is 0 Å². The van der Waals surface area contributed by atoms with Gasteiger partial charge in [-0.15, -0.1) is 0 Å². The lowest BCUT2D eigenvalue weighted by Gasteiger charge is -2.21. The van der Waals surface area contributed by atoms with Crippen molar-refractivity contribution in [1.29, 1.82) is 5.26 Å². The van der Waals surface area contributed by atoms with Gasteiger partial charge in [0.05, 0.1) is 30.5 Å². The number of nitrogens with zero attached hydrogens (tertiary/aromatic N) is 3. The van der Waals surface area contributed by atoms with Crippen molar-refractivity contribution < 1.29 is 18.7 Å². The molecule has 3 aliphatic rings. The highest BCUT2D eigenvalue weighted by Gasteiger charge is 2.37. The van der Waals surface area contributed by atoms with Crippen molar-refractivity contribution in [2.75, 3.05) is 36.0 Å². The molecule has 3 atom stereocenters. The molecule has 7 nitrogen and oxygen atoms in total. The summed E-state index contributed by atoms with van der Waals surface area (Å²) in [5.74, 6) is 0.0609. The van der Waals surface area contributed by atoms with Gasteiger partial charge in [0.25, 0.3) is 0 Å². The molecule has 1 aliphatic carbocycles. The average molecular weight is 384 g/mol.